The van der Waals surface area contributed by atoms with Crippen molar-refractivity contribution in [1.29, 1.82) is 0 Å². The summed E-state index contributed by atoms with van der Waals surface area (Å²) in [5.74, 6) is -0.296. The Hall–Kier alpha value is -1.57. The predicted molar refractivity (Wildman–Crippen MR) is 60.8 cm³/mol. The molecule has 2 aromatic rings. The van der Waals surface area contributed by atoms with Gasteiger partial charge in [0, 0.05) is 12.6 Å². The minimum absolute atomic E-state index is 0.197. The Bertz CT molecular complexity index is 568. The highest BCUT2D eigenvalue weighted by atomic mass is 79.9. The molecule has 0 spiro atoms. The lowest BCUT2D eigenvalue weighted by Crippen LogP contribution is -2.17. The van der Waals surface area contributed by atoms with Crippen LogP contribution in [0.1, 0.15) is 0 Å². The van der Waals surface area contributed by atoms with Crippen LogP contribution < -0.4 is 4.74 Å². The Morgan fingerprint density at radius 1 is 1.33 bits per heavy atom. The summed E-state index contributed by atoms with van der Waals surface area (Å²) in [6.45, 7) is 0. The molecule has 0 amide bonds. The first-order valence-corrected chi connectivity index (χ1v) is 5.56. The molecule has 0 aliphatic carbocycles. The van der Waals surface area contributed by atoms with Crippen LogP contribution in [0.15, 0.2) is 28.9 Å². The highest BCUT2D eigenvalue weighted by Gasteiger charge is 2.32. The van der Waals surface area contributed by atoms with Gasteiger partial charge in [0.05, 0.1) is 10.7 Å². The van der Waals surface area contributed by atoms with Crippen molar-refractivity contribution in [1.82, 2.24) is 15.0 Å². The molecule has 8 heteroatoms. The summed E-state index contributed by atoms with van der Waals surface area (Å²) in [6, 6.07) is 4.20. The van der Waals surface area contributed by atoms with Crippen LogP contribution in [0, 0.1) is 0 Å². The van der Waals surface area contributed by atoms with E-state index in [1.807, 2.05) is 0 Å². The third kappa shape index (κ3) is 3.00. The van der Waals surface area contributed by atoms with Gasteiger partial charge in [0.1, 0.15) is 11.4 Å². The van der Waals surface area contributed by atoms with Gasteiger partial charge in [0.15, 0.2) is 0 Å². The molecular formula is C10H7BrF3N3O. The number of aromatic nitrogens is 3. The number of benzene rings is 1. The van der Waals surface area contributed by atoms with Gasteiger partial charge in [-0.05, 0) is 34.1 Å². The van der Waals surface area contributed by atoms with Crippen molar-refractivity contribution in [3.05, 3.63) is 28.9 Å². The molecule has 0 unspecified atom stereocenters. The molecule has 0 saturated carbocycles. The number of aryl methyl sites for hydroxylation is 1. The van der Waals surface area contributed by atoms with Gasteiger partial charge < -0.3 is 4.74 Å². The zero-order valence-electron chi connectivity index (χ0n) is 9.07. The summed E-state index contributed by atoms with van der Waals surface area (Å²) < 4.78 is 41.8. The van der Waals surface area contributed by atoms with Crippen molar-refractivity contribution < 1.29 is 17.9 Å². The van der Waals surface area contributed by atoms with Gasteiger partial charge in [-0.15, -0.1) is 18.3 Å². The average Bonchev–Trinajstić information content (AvgIpc) is 2.66. The predicted octanol–water partition coefficient (Wildman–Crippen LogP) is 3.14. The maximum Gasteiger partial charge on any atom is 0.573 e. The number of ether oxygens (including phenoxy) is 1. The molecule has 1 aromatic heterocycles. The van der Waals surface area contributed by atoms with Gasteiger partial charge in [-0.25, -0.2) is 0 Å². The lowest BCUT2D eigenvalue weighted by Gasteiger charge is -2.10. The standard InChI is InChI=1S/C10H7BrF3N3O/c1-17-5-8(15-16-17)6-2-3-9(7(11)4-6)18-10(12,13)14/h2-5H,1H3. The molecular weight excluding hydrogens is 315 g/mol. The molecule has 0 aliphatic rings. The molecule has 0 N–H and O–H groups in total. The van der Waals surface area contributed by atoms with Crippen LogP contribution in [0.3, 0.4) is 0 Å². The second-order valence-electron chi connectivity index (χ2n) is 3.47. The Labute approximate surface area is 108 Å². The zero-order valence-corrected chi connectivity index (χ0v) is 10.7. The first kappa shape index (κ1) is 12.9. The molecule has 96 valence electrons. The average molecular weight is 322 g/mol. The van der Waals surface area contributed by atoms with E-state index in [2.05, 4.69) is 31.0 Å². The first-order valence-electron chi connectivity index (χ1n) is 4.77. The van der Waals surface area contributed by atoms with E-state index in [1.54, 1.807) is 13.2 Å². The van der Waals surface area contributed by atoms with Crippen LogP contribution in [0.5, 0.6) is 5.75 Å². The molecule has 2 rings (SSSR count). The normalized spacial score (nSPS) is 11.6. The summed E-state index contributed by atoms with van der Waals surface area (Å²) in [5, 5.41) is 7.61. The molecule has 0 saturated heterocycles. The zero-order chi connectivity index (χ0) is 13.3. The smallest absolute Gasteiger partial charge is 0.405 e. The fourth-order valence-electron chi connectivity index (χ4n) is 1.35. The summed E-state index contributed by atoms with van der Waals surface area (Å²) in [7, 11) is 1.70. The Morgan fingerprint density at radius 3 is 2.56 bits per heavy atom. The van der Waals surface area contributed by atoms with Gasteiger partial charge in [0.2, 0.25) is 0 Å². The topological polar surface area (TPSA) is 39.9 Å². The third-order valence-corrected chi connectivity index (χ3v) is 2.68. The van der Waals surface area contributed by atoms with E-state index in [9.17, 15) is 13.2 Å². The number of rotatable bonds is 2. The molecule has 4 nitrogen and oxygen atoms in total. The maximum absolute atomic E-state index is 12.1. The van der Waals surface area contributed by atoms with E-state index in [0.29, 0.717) is 11.3 Å². The SMILES string of the molecule is Cn1cc(-c2ccc(OC(F)(F)F)c(Br)c2)nn1. The molecule has 1 aromatic carbocycles. The van der Waals surface area contributed by atoms with E-state index >= 15 is 0 Å². The minimum Gasteiger partial charge on any atom is -0.405 e. The third-order valence-electron chi connectivity index (χ3n) is 2.06. The molecule has 0 radical (unpaired) electrons. The summed E-state index contributed by atoms with van der Waals surface area (Å²) >= 11 is 3.02. The van der Waals surface area contributed by atoms with Gasteiger partial charge >= 0.3 is 6.36 Å². The van der Waals surface area contributed by atoms with Crippen LogP contribution in [0.25, 0.3) is 11.3 Å². The van der Waals surface area contributed by atoms with Crippen LogP contribution in [-0.4, -0.2) is 21.4 Å². The molecule has 1 heterocycles. The second kappa shape index (κ2) is 4.60. The van der Waals surface area contributed by atoms with E-state index in [1.165, 1.54) is 22.9 Å². The number of nitrogens with zero attached hydrogens (tertiary/aromatic N) is 3. The Kier molecular flexibility index (Phi) is 3.29. The van der Waals surface area contributed by atoms with Crippen LogP contribution in [-0.2, 0) is 7.05 Å². The van der Waals surface area contributed by atoms with Crippen molar-refractivity contribution in [3.8, 4) is 17.0 Å². The van der Waals surface area contributed by atoms with Crippen LogP contribution >= 0.6 is 15.9 Å². The molecule has 0 fully saturated rings. The van der Waals surface area contributed by atoms with Gasteiger partial charge in [-0.2, -0.15) is 0 Å². The highest BCUT2D eigenvalue weighted by Crippen LogP contribution is 2.33. The van der Waals surface area contributed by atoms with Crippen LogP contribution in [0.2, 0.25) is 0 Å². The highest BCUT2D eigenvalue weighted by molar-refractivity contribution is 9.10. The minimum atomic E-state index is -4.71. The lowest BCUT2D eigenvalue weighted by atomic mass is 10.2. The number of halogens is 4. The van der Waals surface area contributed by atoms with Gasteiger partial charge in [-0.3, -0.25) is 4.68 Å². The molecule has 0 bridgehead atoms. The van der Waals surface area contributed by atoms with Crippen molar-refractivity contribution in [2.45, 2.75) is 6.36 Å². The van der Waals surface area contributed by atoms with Crippen molar-refractivity contribution >= 4 is 15.9 Å². The monoisotopic (exact) mass is 321 g/mol. The van der Waals surface area contributed by atoms with E-state index in [4.69, 9.17) is 0 Å². The fourth-order valence-corrected chi connectivity index (χ4v) is 1.81. The van der Waals surface area contributed by atoms with E-state index in [-0.39, 0.29) is 10.2 Å². The van der Waals surface area contributed by atoms with Crippen LogP contribution in [0.4, 0.5) is 13.2 Å². The number of alkyl halides is 3. The summed E-state index contributed by atoms with van der Waals surface area (Å²) in [6.07, 6.45) is -3.05. The summed E-state index contributed by atoms with van der Waals surface area (Å²) in [5.41, 5.74) is 1.21. The van der Waals surface area contributed by atoms with E-state index < -0.39 is 6.36 Å². The maximum atomic E-state index is 12.1. The summed E-state index contributed by atoms with van der Waals surface area (Å²) in [4.78, 5) is 0. The molecule has 18 heavy (non-hydrogen) atoms. The first-order chi connectivity index (χ1) is 8.35. The fraction of sp³-hybridized carbons (Fsp3) is 0.200. The van der Waals surface area contributed by atoms with Gasteiger partial charge in [0.25, 0.3) is 0 Å². The van der Waals surface area contributed by atoms with Crippen molar-refractivity contribution in [3.63, 3.8) is 0 Å². The molecule has 0 atom stereocenters. The lowest BCUT2D eigenvalue weighted by molar-refractivity contribution is -0.274. The number of hydrogen-bond acceptors (Lipinski definition) is 3. The van der Waals surface area contributed by atoms with Gasteiger partial charge in [-0.1, -0.05) is 5.21 Å². The quantitative estimate of drug-likeness (QED) is 0.853. The Balaban J connectivity index is 2.30. The van der Waals surface area contributed by atoms with E-state index in [0.717, 1.165) is 0 Å². The number of hydrogen-bond donors (Lipinski definition) is 0. The van der Waals surface area contributed by atoms with Crippen molar-refractivity contribution in [2.75, 3.05) is 0 Å². The van der Waals surface area contributed by atoms with Crippen molar-refractivity contribution in [2.24, 2.45) is 7.05 Å². The molecule has 0 aliphatic heterocycles. The largest absolute Gasteiger partial charge is 0.573 e. The second-order valence-corrected chi connectivity index (χ2v) is 4.32. The Morgan fingerprint density at radius 2 is 2.06 bits per heavy atom.